The minimum Gasteiger partial charge on any atom is -0.454 e. The molecular formula is C22H21BrN4O3S. The van der Waals surface area contributed by atoms with Gasteiger partial charge in [-0.2, -0.15) is 4.98 Å². The average molecular weight is 501 g/mol. The number of unbranched alkanes of at least 4 members (excludes halogenated alkanes) is 2. The predicted molar refractivity (Wildman–Crippen MR) is 123 cm³/mol. The van der Waals surface area contributed by atoms with Crippen molar-refractivity contribution in [3.8, 4) is 28.6 Å². The van der Waals surface area contributed by atoms with E-state index in [4.69, 9.17) is 19.2 Å². The fourth-order valence-electron chi connectivity index (χ4n) is 3.50. The van der Waals surface area contributed by atoms with Gasteiger partial charge >= 0.3 is 0 Å². The number of anilines is 1. The number of ether oxygens (including phenoxy) is 3. The van der Waals surface area contributed by atoms with E-state index >= 15 is 0 Å². The standard InChI is InChI=1S/C22H21BrN4O3S/c1-2-3-6-9-31-22-25-21-19(26-27-22)13-7-4-5-8-16(13)24-20(30-21)14-10-17-18(11-15(14)23)29-12-28-17/h4-5,7-8,10-11,20,24H,2-3,6,9,12H2,1H3/t20-/m0/s1. The van der Waals surface area contributed by atoms with Gasteiger partial charge in [-0.25, -0.2) is 0 Å². The highest BCUT2D eigenvalue weighted by Gasteiger charge is 2.29. The lowest BCUT2D eigenvalue weighted by molar-refractivity contribution is 0.173. The van der Waals surface area contributed by atoms with Crippen LogP contribution < -0.4 is 19.5 Å². The van der Waals surface area contributed by atoms with E-state index in [1.54, 1.807) is 11.8 Å². The normalized spacial score (nSPS) is 16.0. The molecule has 2 aliphatic rings. The molecule has 0 bridgehead atoms. The van der Waals surface area contributed by atoms with Crippen LogP contribution in [-0.2, 0) is 0 Å². The maximum absolute atomic E-state index is 6.37. The molecule has 7 nitrogen and oxygen atoms in total. The van der Waals surface area contributed by atoms with Crippen molar-refractivity contribution in [3.05, 3.63) is 46.4 Å². The van der Waals surface area contributed by atoms with Crippen LogP contribution in [0.25, 0.3) is 11.3 Å². The highest BCUT2D eigenvalue weighted by Crippen LogP contribution is 2.44. The van der Waals surface area contributed by atoms with Crippen LogP contribution in [0, 0.1) is 0 Å². The fourth-order valence-corrected chi connectivity index (χ4v) is 4.81. The first kappa shape index (κ1) is 20.4. The van der Waals surface area contributed by atoms with Crippen molar-refractivity contribution in [2.24, 2.45) is 0 Å². The van der Waals surface area contributed by atoms with Gasteiger partial charge < -0.3 is 19.5 Å². The third-order valence-electron chi connectivity index (χ3n) is 5.09. The van der Waals surface area contributed by atoms with Crippen LogP contribution in [0.3, 0.4) is 0 Å². The Morgan fingerprint density at radius 3 is 2.84 bits per heavy atom. The highest BCUT2D eigenvalue weighted by molar-refractivity contribution is 9.10. The quantitative estimate of drug-likeness (QED) is 0.335. The van der Waals surface area contributed by atoms with Crippen LogP contribution in [0.1, 0.15) is 38.0 Å². The first-order chi connectivity index (χ1) is 15.2. The number of halogens is 1. The second-order valence-electron chi connectivity index (χ2n) is 7.22. The molecule has 1 atom stereocenters. The zero-order chi connectivity index (χ0) is 21.2. The van der Waals surface area contributed by atoms with Gasteiger partial charge in [-0.3, -0.25) is 0 Å². The van der Waals surface area contributed by atoms with E-state index < -0.39 is 6.23 Å². The van der Waals surface area contributed by atoms with Crippen LogP contribution in [0.4, 0.5) is 5.69 Å². The number of rotatable bonds is 6. The van der Waals surface area contributed by atoms with Crippen LogP contribution in [-0.4, -0.2) is 27.7 Å². The molecule has 9 heteroatoms. The van der Waals surface area contributed by atoms with Gasteiger partial charge in [0.05, 0.1) is 0 Å². The van der Waals surface area contributed by atoms with Crippen molar-refractivity contribution in [2.75, 3.05) is 17.9 Å². The Balaban J connectivity index is 1.52. The zero-order valence-corrected chi connectivity index (χ0v) is 19.3. The Morgan fingerprint density at radius 2 is 1.97 bits per heavy atom. The first-order valence-electron chi connectivity index (χ1n) is 10.2. The summed E-state index contributed by atoms with van der Waals surface area (Å²) >= 11 is 5.25. The van der Waals surface area contributed by atoms with Crippen molar-refractivity contribution in [3.63, 3.8) is 0 Å². The zero-order valence-electron chi connectivity index (χ0n) is 16.9. The van der Waals surface area contributed by atoms with Crippen molar-refractivity contribution in [1.82, 2.24) is 15.2 Å². The van der Waals surface area contributed by atoms with E-state index in [0.29, 0.717) is 28.2 Å². The lowest BCUT2D eigenvalue weighted by atomic mass is 10.1. The molecule has 3 heterocycles. The molecule has 0 saturated carbocycles. The molecule has 2 aliphatic heterocycles. The molecule has 0 aliphatic carbocycles. The Morgan fingerprint density at radius 1 is 1.13 bits per heavy atom. The minimum absolute atomic E-state index is 0.214. The maximum Gasteiger partial charge on any atom is 0.247 e. The second-order valence-corrected chi connectivity index (χ2v) is 9.13. The van der Waals surface area contributed by atoms with Crippen molar-refractivity contribution in [1.29, 1.82) is 0 Å². The third-order valence-corrected chi connectivity index (χ3v) is 6.70. The van der Waals surface area contributed by atoms with E-state index in [9.17, 15) is 0 Å². The molecule has 31 heavy (non-hydrogen) atoms. The predicted octanol–water partition coefficient (Wildman–Crippen LogP) is 5.82. The van der Waals surface area contributed by atoms with E-state index in [-0.39, 0.29) is 6.79 Å². The molecule has 0 fully saturated rings. The fraction of sp³-hybridized carbons (Fsp3) is 0.318. The number of hydrogen-bond acceptors (Lipinski definition) is 8. The number of fused-ring (bicyclic) bond motifs is 4. The van der Waals surface area contributed by atoms with Crippen molar-refractivity contribution < 1.29 is 14.2 Å². The van der Waals surface area contributed by atoms with Gasteiger partial charge in [0, 0.05) is 27.0 Å². The first-order valence-corrected chi connectivity index (χ1v) is 12.0. The summed E-state index contributed by atoms with van der Waals surface area (Å²) in [6.45, 7) is 2.41. The molecule has 0 spiro atoms. The number of para-hydroxylation sites is 1. The summed E-state index contributed by atoms with van der Waals surface area (Å²) in [5.41, 5.74) is 3.30. The van der Waals surface area contributed by atoms with E-state index in [2.05, 4.69) is 38.4 Å². The number of nitrogens with zero attached hydrogens (tertiary/aromatic N) is 3. The Bertz CT molecular complexity index is 1110. The summed E-state index contributed by atoms with van der Waals surface area (Å²) in [5.74, 6) is 2.81. The lowest BCUT2D eigenvalue weighted by Gasteiger charge is -2.20. The van der Waals surface area contributed by atoms with Crippen molar-refractivity contribution >= 4 is 33.4 Å². The third kappa shape index (κ3) is 4.16. The number of benzene rings is 2. The SMILES string of the molecule is CCCCCSc1nnc2c(n1)O[C@@H](c1cc3c(cc1Br)OCO3)Nc1ccccc1-2. The molecule has 1 N–H and O–H groups in total. The number of aromatic nitrogens is 3. The minimum atomic E-state index is -0.499. The van der Waals surface area contributed by atoms with E-state index in [0.717, 1.165) is 33.5 Å². The smallest absolute Gasteiger partial charge is 0.247 e. The highest BCUT2D eigenvalue weighted by atomic mass is 79.9. The summed E-state index contributed by atoms with van der Waals surface area (Å²) in [6, 6.07) is 11.8. The molecule has 0 radical (unpaired) electrons. The van der Waals surface area contributed by atoms with Crippen LogP contribution >= 0.6 is 27.7 Å². The number of nitrogens with one attached hydrogen (secondary N) is 1. The Labute approximate surface area is 193 Å². The molecule has 3 aromatic rings. The van der Waals surface area contributed by atoms with Crippen LogP contribution in [0.5, 0.6) is 17.4 Å². The second kappa shape index (κ2) is 8.92. The monoisotopic (exact) mass is 500 g/mol. The summed E-state index contributed by atoms with van der Waals surface area (Å²) in [5, 5.41) is 12.9. The number of hydrogen-bond donors (Lipinski definition) is 1. The average Bonchev–Trinajstić information content (AvgIpc) is 3.16. The van der Waals surface area contributed by atoms with E-state index in [1.165, 1.54) is 12.8 Å². The van der Waals surface area contributed by atoms with E-state index in [1.807, 2.05) is 36.4 Å². The van der Waals surface area contributed by atoms with Gasteiger partial charge in [0.1, 0.15) is 0 Å². The van der Waals surface area contributed by atoms with Crippen molar-refractivity contribution in [2.45, 2.75) is 37.6 Å². The largest absolute Gasteiger partial charge is 0.454 e. The molecule has 1 aromatic heterocycles. The molecule has 0 saturated heterocycles. The molecular weight excluding hydrogens is 480 g/mol. The van der Waals surface area contributed by atoms with Crippen LogP contribution in [0.15, 0.2) is 46.0 Å². The summed E-state index contributed by atoms with van der Waals surface area (Å²) in [4.78, 5) is 4.70. The topological polar surface area (TPSA) is 78.4 Å². The summed E-state index contributed by atoms with van der Waals surface area (Å²) in [6.07, 6.45) is 3.00. The molecule has 160 valence electrons. The maximum atomic E-state index is 6.37. The Kier molecular flexibility index (Phi) is 5.87. The van der Waals surface area contributed by atoms with Gasteiger partial charge in [-0.1, -0.05) is 65.7 Å². The van der Waals surface area contributed by atoms with Gasteiger partial charge in [0.15, 0.2) is 23.4 Å². The molecule has 5 rings (SSSR count). The molecule has 0 amide bonds. The van der Waals surface area contributed by atoms with Gasteiger partial charge in [0.2, 0.25) is 17.8 Å². The van der Waals surface area contributed by atoms with Gasteiger partial charge in [0.25, 0.3) is 0 Å². The van der Waals surface area contributed by atoms with Gasteiger partial charge in [-0.05, 0) is 24.6 Å². The summed E-state index contributed by atoms with van der Waals surface area (Å²) in [7, 11) is 0. The molecule has 0 unspecified atom stereocenters. The lowest BCUT2D eigenvalue weighted by Crippen LogP contribution is -2.17. The summed E-state index contributed by atoms with van der Waals surface area (Å²) < 4.78 is 18.3. The van der Waals surface area contributed by atoms with Gasteiger partial charge in [-0.15, -0.1) is 10.2 Å². The number of thioether (sulfide) groups is 1. The Hall–Kier alpha value is -2.52. The molecule has 2 aromatic carbocycles. The van der Waals surface area contributed by atoms with Crippen LogP contribution in [0.2, 0.25) is 0 Å².